The Morgan fingerprint density at radius 3 is 2.88 bits per heavy atom. The Morgan fingerprint density at radius 2 is 2.12 bits per heavy atom. The summed E-state index contributed by atoms with van der Waals surface area (Å²) in [6.45, 7) is 7.06. The molecule has 4 nitrogen and oxygen atoms in total. The van der Waals surface area contributed by atoms with E-state index in [9.17, 15) is 5.11 Å². The molecule has 0 saturated heterocycles. The summed E-state index contributed by atoms with van der Waals surface area (Å²) in [4.78, 5) is 0. The standard InChI is InChI=1S/C22H24O4/c1-4-24-16-6-7-17(19(23)12-16)15-11-14-5-8-20-18(21(14)25-13-15)9-10-22(2,3)26-20/h5-6,8-12,17,23H,4,7,13H2,1-3H3. The number of benzene rings is 1. The number of hydrogen-bond donors (Lipinski definition) is 1. The molecule has 26 heavy (non-hydrogen) atoms. The van der Waals surface area contributed by atoms with Gasteiger partial charge in [0.2, 0.25) is 0 Å². The highest BCUT2D eigenvalue weighted by molar-refractivity contribution is 5.76. The van der Waals surface area contributed by atoms with Crippen LogP contribution in [0.1, 0.15) is 38.3 Å². The van der Waals surface area contributed by atoms with Gasteiger partial charge in [-0.1, -0.05) is 0 Å². The molecule has 1 aromatic rings. The molecule has 0 bridgehead atoms. The van der Waals surface area contributed by atoms with Crippen LogP contribution in [0.2, 0.25) is 0 Å². The van der Waals surface area contributed by atoms with Gasteiger partial charge in [0.05, 0.1) is 12.2 Å². The molecule has 1 aliphatic carbocycles. The van der Waals surface area contributed by atoms with Crippen molar-refractivity contribution in [2.75, 3.05) is 13.2 Å². The average Bonchev–Trinajstić information content (AvgIpc) is 2.60. The molecule has 1 N–H and O–H groups in total. The largest absolute Gasteiger partial charge is 0.512 e. The fourth-order valence-corrected chi connectivity index (χ4v) is 3.59. The van der Waals surface area contributed by atoms with E-state index in [0.29, 0.717) is 25.4 Å². The highest BCUT2D eigenvalue weighted by Crippen LogP contribution is 2.43. The maximum absolute atomic E-state index is 10.4. The number of aliphatic hydroxyl groups is 1. The molecular weight excluding hydrogens is 328 g/mol. The summed E-state index contributed by atoms with van der Waals surface area (Å²) < 4.78 is 17.6. The second kappa shape index (κ2) is 6.27. The number of allylic oxidation sites excluding steroid dienone is 3. The highest BCUT2D eigenvalue weighted by Gasteiger charge is 2.29. The summed E-state index contributed by atoms with van der Waals surface area (Å²) in [5.74, 6) is 2.70. The van der Waals surface area contributed by atoms with Crippen LogP contribution in [-0.2, 0) is 4.74 Å². The summed E-state index contributed by atoms with van der Waals surface area (Å²) in [6.07, 6.45) is 10.7. The first kappa shape index (κ1) is 16.8. The quantitative estimate of drug-likeness (QED) is 0.829. The molecule has 1 atom stereocenters. The molecule has 0 spiro atoms. The lowest BCUT2D eigenvalue weighted by atomic mass is 9.87. The van der Waals surface area contributed by atoms with Crippen molar-refractivity contribution in [3.05, 3.63) is 58.6 Å². The molecule has 1 aromatic carbocycles. The molecule has 0 saturated carbocycles. The lowest BCUT2D eigenvalue weighted by molar-refractivity contribution is 0.158. The van der Waals surface area contributed by atoms with Gasteiger partial charge in [-0.2, -0.15) is 0 Å². The van der Waals surface area contributed by atoms with Crippen LogP contribution in [0.15, 0.2) is 47.5 Å². The van der Waals surface area contributed by atoms with Crippen LogP contribution in [-0.4, -0.2) is 23.9 Å². The van der Waals surface area contributed by atoms with Crippen molar-refractivity contribution in [3.63, 3.8) is 0 Å². The molecule has 0 radical (unpaired) electrons. The lowest BCUT2D eigenvalue weighted by Crippen LogP contribution is -2.28. The van der Waals surface area contributed by atoms with Crippen molar-refractivity contribution in [1.82, 2.24) is 0 Å². The first-order valence-electron chi connectivity index (χ1n) is 9.09. The first-order chi connectivity index (χ1) is 12.5. The number of fused-ring (bicyclic) bond motifs is 3. The van der Waals surface area contributed by atoms with Crippen LogP contribution >= 0.6 is 0 Å². The molecule has 0 aromatic heterocycles. The van der Waals surface area contributed by atoms with E-state index in [4.69, 9.17) is 14.2 Å². The Balaban J connectivity index is 1.63. The zero-order valence-electron chi connectivity index (χ0n) is 15.4. The summed E-state index contributed by atoms with van der Waals surface area (Å²) in [7, 11) is 0. The van der Waals surface area contributed by atoms with Crippen molar-refractivity contribution in [2.45, 2.75) is 32.8 Å². The minimum Gasteiger partial charge on any atom is -0.512 e. The average molecular weight is 352 g/mol. The second-order valence-electron chi connectivity index (χ2n) is 7.34. The maximum atomic E-state index is 10.4. The van der Waals surface area contributed by atoms with Crippen LogP contribution < -0.4 is 9.47 Å². The molecule has 2 heterocycles. The van der Waals surface area contributed by atoms with Crippen LogP contribution in [0.3, 0.4) is 0 Å². The predicted octanol–water partition coefficient (Wildman–Crippen LogP) is 5.03. The number of rotatable bonds is 3. The third kappa shape index (κ3) is 3.00. The Kier molecular flexibility index (Phi) is 4.06. The van der Waals surface area contributed by atoms with Crippen LogP contribution in [0, 0.1) is 5.92 Å². The monoisotopic (exact) mass is 352 g/mol. The van der Waals surface area contributed by atoms with Gasteiger partial charge in [-0.15, -0.1) is 0 Å². The molecule has 2 aliphatic heterocycles. The van der Waals surface area contributed by atoms with Gasteiger partial charge in [-0.05, 0) is 69.2 Å². The topological polar surface area (TPSA) is 47.9 Å². The molecule has 136 valence electrons. The fourth-order valence-electron chi connectivity index (χ4n) is 3.59. The SMILES string of the molecule is CCOC1=CCC(C2=Cc3ccc4c(c3OC2)C=CC(C)(C)O4)C(O)=C1. The summed E-state index contributed by atoms with van der Waals surface area (Å²) in [6, 6.07) is 4.01. The van der Waals surface area contributed by atoms with Gasteiger partial charge in [-0.25, -0.2) is 0 Å². The minimum atomic E-state index is -0.305. The fraction of sp³-hybridized carbons (Fsp3) is 0.364. The third-order valence-corrected chi connectivity index (χ3v) is 4.90. The summed E-state index contributed by atoms with van der Waals surface area (Å²) in [5, 5.41) is 10.4. The van der Waals surface area contributed by atoms with Gasteiger partial charge in [-0.3, -0.25) is 0 Å². The van der Waals surface area contributed by atoms with E-state index in [2.05, 4.69) is 12.2 Å². The molecular formula is C22H24O4. The number of aliphatic hydroxyl groups excluding tert-OH is 1. The van der Waals surface area contributed by atoms with Gasteiger partial charge >= 0.3 is 0 Å². The third-order valence-electron chi connectivity index (χ3n) is 4.90. The van der Waals surface area contributed by atoms with E-state index in [-0.39, 0.29) is 11.5 Å². The van der Waals surface area contributed by atoms with Crippen molar-refractivity contribution >= 4 is 12.2 Å². The summed E-state index contributed by atoms with van der Waals surface area (Å²) >= 11 is 0. The summed E-state index contributed by atoms with van der Waals surface area (Å²) in [5.41, 5.74) is 2.77. The molecule has 0 fully saturated rings. The Morgan fingerprint density at radius 1 is 1.27 bits per heavy atom. The Labute approximate surface area is 154 Å². The number of ether oxygens (including phenoxy) is 3. The predicted molar refractivity (Wildman–Crippen MR) is 102 cm³/mol. The molecule has 4 rings (SSSR count). The van der Waals surface area contributed by atoms with Gasteiger partial charge < -0.3 is 19.3 Å². The van der Waals surface area contributed by atoms with Crippen molar-refractivity contribution in [1.29, 1.82) is 0 Å². The van der Waals surface area contributed by atoms with Gasteiger partial charge in [0, 0.05) is 17.6 Å². The van der Waals surface area contributed by atoms with E-state index in [0.717, 1.165) is 34.0 Å². The van der Waals surface area contributed by atoms with E-state index < -0.39 is 0 Å². The lowest BCUT2D eigenvalue weighted by Gasteiger charge is -2.31. The van der Waals surface area contributed by atoms with E-state index in [1.54, 1.807) is 6.08 Å². The van der Waals surface area contributed by atoms with Crippen LogP contribution in [0.4, 0.5) is 0 Å². The number of hydrogen-bond acceptors (Lipinski definition) is 4. The van der Waals surface area contributed by atoms with Gasteiger partial charge in [0.1, 0.15) is 35.2 Å². The van der Waals surface area contributed by atoms with E-state index >= 15 is 0 Å². The zero-order chi connectivity index (χ0) is 18.3. The molecule has 4 heteroatoms. The molecule has 3 aliphatic rings. The van der Waals surface area contributed by atoms with Crippen molar-refractivity contribution < 1.29 is 19.3 Å². The highest BCUT2D eigenvalue weighted by atomic mass is 16.5. The normalized spacial score (nSPS) is 22.7. The maximum Gasteiger partial charge on any atom is 0.137 e. The Bertz CT molecular complexity index is 855. The van der Waals surface area contributed by atoms with Crippen molar-refractivity contribution in [3.8, 4) is 11.5 Å². The molecule has 0 amide bonds. The molecule has 1 unspecified atom stereocenters. The van der Waals surface area contributed by atoms with E-state index in [1.165, 1.54) is 0 Å². The Hall–Kier alpha value is -2.62. The van der Waals surface area contributed by atoms with Crippen LogP contribution in [0.5, 0.6) is 11.5 Å². The smallest absolute Gasteiger partial charge is 0.137 e. The minimum absolute atomic E-state index is 0.0610. The van der Waals surface area contributed by atoms with Crippen molar-refractivity contribution in [2.24, 2.45) is 5.92 Å². The van der Waals surface area contributed by atoms with Gasteiger partial charge in [0.15, 0.2) is 0 Å². The van der Waals surface area contributed by atoms with E-state index in [1.807, 2.05) is 45.1 Å². The van der Waals surface area contributed by atoms with Crippen LogP contribution in [0.25, 0.3) is 12.2 Å². The van der Waals surface area contributed by atoms with Gasteiger partial charge in [0.25, 0.3) is 0 Å². The first-order valence-corrected chi connectivity index (χ1v) is 9.09. The second-order valence-corrected chi connectivity index (χ2v) is 7.34. The zero-order valence-corrected chi connectivity index (χ0v) is 15.4.